The predicted molar refractivity (Wildman–Crippen MR) is 155 cm³/mol. The summed E-state index contributed by atoms with van der Waals surface area (Å²) in [6, 6.07) is 16.5. The summed E-state index contributed by atoms with van der Waals surface area (Å²) in [4.78, 5) is 21.4. The number of hydrogen-bond acceptors (Lipinski definition) is 9. The molecule has 0 aliphatic carbocycles. The largest absolute Gasteiger partial charge is 0.424 e. The van der Waals surface area contributed by atoms with E-state index in [0.29, 0.717) is 23.7 Å². The molecule has 0 bridgehead atoms. The van der Waals surface area contributed by atoms with E-state index in [1.807, 2.05) is 25.1 Å². The number of carbonyl (C=O) groups excluding carboxylic acids is 1. The molecule has 4 aromatic rings. The molecule has 3 heterocycles. The zero-order chi connectivity index (χ0) is 29.0. The Bertz CT molecular complexity index is 1620. The van der Waals surface area contributed by atoms with Crippen LogP contribution in [0.2, 0.25) is 0 Å². The van der Waals surface area contributed by atoms with Crippen molar-refractivity contribution in [3.8, 4) is 11.8 Å². The number of benzene rings is 2. The Morgan fingerprint density at radius 1 is 0.976 bits per heavy atom. The van der Waals surface area contributed by atoms with Crippen LogP contribution < -0.4 is 14.4 Å². The first-order valence-corrected chi connectivity index (χ1v) is 14.9. The van der Waals surface area contributed by atoms with Gasteiger partial charge in [0.25, 0.3) is 0 Å². The molecule has 1 fully saturated rings. The summed E-state index contributed by atoms with van der Waals surface area (Å²) in [6.07, 6.45) is 3.03. The summed E-state index contributed by atoms with van der Waals surface area (Å²) in [5.74, 6) is 0.742. The van der Waals surface area contributed by atoms with Crippen LogP contribution in [0.5, 0.6) is 11.8 Å². The van der Waals surface area contributed by atoms with E-state index in [1.54, 1.807) is 35.8 Å². The van der Waals surface area contributed by atoms with E-state index in [9.17, 15) is 13.2 Å². The fourth-order valence-electron chi connectivity index (χ4n) is 4.73. The Balaban J connectivity index is 1.31. The lowest BCUT2D eigenvalue weighted by atomic mass is 10.1. The molecular formula is C29H33N7O4S. The molecular weight excluding hydrogens is 542 g/mol. The van der Waals surface area contributed by atoms with E-state index in [1.165, 1.54) is 24.5 Å². The molecule has 0 unspecified atom stereocenters. The van der Waals surface area contributed by atoms with Crippen LogP contribution in [0.4, 0.5) is 5.69 Å². The number of hydrogen-bond donors (Lipinski definition) is 1. The topological polar surface area (TPSA) is 123 Å². The lowest BCUT2D eigenvalue weighted by molar-refractivity contribution is 0.103. The second-order valence-corrected chi connectivity index (χ2v) is 11.6. The summed E-state index contributed by atoms with van der Waals surface area (Å²) < 4.78 is 37.1. The average molecular weight is 576 g/mol. The highest BCUT2D eigenvalue weighted by atomic mass is 32.2. The van der Waals surface area contributed by atoms with Gasteiger partial charge in [-0.05, 0) is 57.3 Å². The van der Waals surface area contributed by atoms with Crippen LogP contribution in [0.15, 0.2) is 78.0 Å². The molecule has 1 saturated heterocycles. The van der Waals surface area contributed by atoms with Gasteiger partial charge in [-0.25, -0.2) is 13.1 Å². The normalized spacial score (nSPS) is 15.0. The monoisotopic (exact) mass is 575 g/mol. The SMILES string of the molecule is CCn1c(Oc2cccc(N3CCN(C)CC3)c2)nnc1[C@@H](C)NS(=O)(=O)c1cccc(C(=O)c2ccncc2)c1. The third-order valence-electron chi connectivity index (χ3n) is 7.03. The van der Waals surface area contributed by atoms with Crippen LogP contribution in [0.1, 0.15) is 41.6 Å². The number of pyridine rings is 1. The van der Waals surface area contributed by atoms with Crippen molar-refractivity contribution in [1.29, 1.82) is 0 Å². The number of piperazine rings is 1. The summed E-state index contributed by atoms with van der Waals surface area (Å²) in [5, 5.41) is 8.47. The average Bonchev–Trinajstić information content (AvgIpc) is 3.40. The van der Waals surface area contributed by atoms with Gasteiger partial charge in [0.05, 0.1) is 10.9 Å². The minimum atomic E-state index is -3.99. The van der Waals surface area contributed by atoms with E-state index in [2.05, 4.69) is 42.8 Å². The number of carbonyl (C=O) groups is 1. The van der Waals surface area contributed by atoms with Crippen LogP contribution >= 0.6 is 0 Å². The number of nitrogens with one attached hydrogen (secondary N) is 1. The Labute approximate surface area is 239 Å². The highest BCUT2D eigenvalue weighted by molar-refractivity contribution is 7.89. The summed E-state index contributed by atoms with van der Waals surface area (Å²) in [5.41, 5.74) is 1.76. The number of likely N-dealkylation sites (N-methyl/N-ethyl adjacent to an activating group) is 1. The van der Waals surface area contributed by atoms with Gasteiger partial charge in [-0.2, -0.15) is 0 Å². The van der Waals surface area contributed by atoms with Crippen LogP contribution in [0.3, 0.4) is 0 Å². The van der Waals surface area contributed by atoms with Crippen molar-refractivity contribution < 1.29 is 17.9 Å². The van der Waals surface area contributed by atoms with Gasteiger partial charge in [-0.15, -0.1) is 5.10 Å². The van der Waals surface area contributed by atoms with E-state index < -0.39 is 16.1 Å². The summed E-state index contributed by atoms with van der Waals surface area (Å²) in [7, 11) is -1.87. The Morgan fingerprint density at radius 2 is 1.71 bits per heavy atom. The van der Waals surface area contributed by atoms with Gasteiger partial charge in [0.2, 0.25) is 10.0 Å². The van der Waals surface area contributed by atoms with E-state index in [-0.39, 0.29) is 22.3 Å². The first kappa shape index (κ1) is 28.4. The summed E-state index contributed by atoms with van der Waals surface area (Å²) >= 11 is 0. The van der Waals surface area contributed by atoms with Crippen molar-refractivity contribution in [3.05, 3.63) is 90.0 Å². The van der Waals surface area contributed by atoms with Gasteiger partial charge in [0.1, 0.15) is 5.75 Å². The van der Waals surface area contributed by atoms with Crippen LogP contribution in [0.25, 0.3) is 0 Å². The molecule has 41 heavy (non-hydrogen) atoms. The van der Waals surface area contributed by atoms with Crippen molar-refractivity contribution in [1.82, 2.24) is 29.4 Å². The van der Waals surface area contributed by atoms with Gasteiger partial charge in [-0.1, -0.05) is 23.3 Å². The van der Waals surface area contributed by atoms with Gasteiger partial charge < -0.3 is 14.5 Å². The maximum Gasteiger partial charge on any atom is 0.322 e. The summed E-state index contributed by atoms with van der Waals surface area (Å²) in [6.45, 7) is 7.95. The predicted octanol–water partition coefficient (Wildman–Crippen LogP) is 3.51. The zero-order valence-corrected chi connectivity index (χ0v) is 24.1. The number of aromatic nitrogens is 4. The lowest BCUT2D eigenvalue weighted by Gasteiger charge is -2.34. The van der Waals surface area contributed by atoms with Crippen molar-refractivity contribution in [2.45, 2.75) is 31.3 Å². The van der Waals surface area contributed by atoms with E-state index in [0.717, 1.165) is 31.9 Å². The Kier molecular flexibility index (Phi) is 8.43. The van der Waals surface area contributed by atoms with Crippen molar-refractivity contribution in [2.75, 3.05) is 38.1 Å². The molecule has 1 aliphatic heterocycles. The molecule has 0 radical (unpaired) electrons. The third kappa shape index (κ3) is 6.45. The maximum absolute atomic E-state index is 13.3. The first-order valence-electron chi connectivity index (χ1n) is 13.5. The van der Waals surface area contributed by atoms with Gasteiger partial charge in [0, 0.05) is 68.0 Å². The lowest BCUT2D eigenvalue weighted by Crippen LogP contribution is -2.44. The molecule has 0 amide bonds. The second-order valence-electron chi connectivity index (χ2n) is 9.91. The third-order valence-corrected chi connectivity index (χ3v) is 8.56. The van der Waals surface area contributed by atoms with Gasteiger partial charge >= 0.3 is 6.01 Å². The number of sulfonamides is 1. The number of ether oxygens (including phenoxy) is 1. The molecule has 0 saturated carbocycles. The molecule has 1 aliphatic rings. The maximum atomic E-state index is 13.3. The highest BCUT2D eigenvalue weighted by Gasteiger charge is 2.25. The molecule has 2 aromatic heterocycles. The van der Waals surface area contributed by atoms with Crippen molar-refractivity contribution >= 4 is 21.5 Å². The number of anilines is 1. The number of rotatable bonds is 10. The molecule has 0 spiro atoms. The van der Waals surface area contributed by atoms with Crippen LogP contribution in [0, 0.1) is 0 Å². The molecule has 12 heteroatoms. The number of nitrogens with zero attached hydrogens (tertiary/aromatic N) is 6. The minimum Gasteiger partial charge on any atom is -0.424 e. The van der Waals surface area contributed by atoms with E-state index in [4.69, 9.17) is 4.74 Å². The van der Waals surface area contributed by atoms with Crippen molar-refractivity contribution in [3.63, 3.8) is 0 Å². The fourth-order valence-corrected chi connectivity index (χ4v) is 5.98. The first-order chi connectivity index (χ1) is 19.7. The van der Waals surface area contributed by atoms with Crippen LogP contribution in [-0.2, 0) is 16.6 Å². The molecule has 1 atom stereocenters. The molecule has 214 valence electrons. The molecule has 2 aromatic carbocycles. The smallest absolute Gasteiger partial charge is 0.322 e. The molecule has 1 N–H and O–H groups in total. The second kappa shape index (κ2) is 12.2. The Hall–Kier alpha value is -4.13. The van der Waals surface area contributed by atoms with Gasteiger partial charge in [-0.3, -0.25) is 14.3 Å². The minimum absolute atomic E-state index is 0.0241. The molecule has 11 nitrogen and oxygen atoms in total. The number of ketones is 1. The zero-order valence-electron chi connectivity index (χ0n) is 23.3. The quantitative estimate of drug-likeness (QED) is 0.283. The Morgan fingerprint density at radius 3 is 2.44 bits per heavy atom. The highest BCUT2D eigenvalue weighted by Crippen LogP contribution is 2.28. The molecule has 5 rings (SSSR count). The standard InChI is InChI=1S/C29H33N7O4S/c1-4-36-28(31-32-29(36)40-25-9-6-8-24(20-25)35-17-15-34(3)16-18-35)21(2)33-41(38,39)26-10-5-7-23(19-26)27(37)22-11-13-30-14-12-22/h5-14,19-21,33H,4,15-18H2,1-3H3/t21-/m1/s1. The van der Waals surface area contributed by atoms with Gasteiger partial charge in [0.15, 0.2) is 11.6 Å². The van der Waals surface area contributed by atoms with Crippen molar-refractivity contribution in [2.24, 2.45) is 0 Å². The fraction of sp³-hybridized carbons (Fsp3) is 0.310. The van der Waals surface area contributed by atoms with Crippen LogP contribution in [-0.4, -0.2) is 72.1 Å². The van der Waals surface area contributed by atoms with E-state index >= 15 is 0 Å².